The zero-order valence-electron chi connectivity index (χ0n) is 29.4. The molecule has 10 rings (SSSR count). The van der Waals surface area contributed by atoms with Gasteiger partial charge >= 0.3 is 7.60 Å². The van der Waals surface area contributed by atoms with E-state index in [4.69, 9.17) is 47.5 Å². The van der Waals surface area contributed by atoms with Crippen LogP contribution in [-0.4, -0.2) is 67.4 Å². The maximum Gasteiger partial charge on any atom is 0.327 e. The van der Waals surface area contributed by atoms with Crippen molar-refractivity contribution in [2.45, 2.75) is 153 Å². The first-order valence-electron chi connectivity index (χ1n) is 18.6. The number of rotatable bonds is 8. The Morgan fingerprint density at radius 3 is 1.47 bits per heavy atom. The molecule has 0 aromatic rings. The lowest BCUT2D eigenvalue weighted by atomic mass is 9.57. The van der Waals surface area contributed by atoms with Gasteiger partial charge < -0.3 is 28.0 Å². The van der Waals surface area contributed by atoms with Crippen LogP contribution >= 0.6 is 7.60 Å². The van der Waals surface area contributed by atoms with Gasteiger partial charge in [-0.2, -0.15) is 0 Å². The summed E-state index contributed by atoms with van der Waals surface area (Å²) in [6.07, 6.45) is 8.00. The van der Waals surface area contributed by atoms with Crippen molar-refractivity contribution in [1.29, 1.82) is 0 Å². The van der Waals surface area contributed by atoms with E-state index in [1.54, 1.807) is 6.66 Å². The van der Waals surface area contributed by atoms with Crippen LogP contribution in [0.25, 0.3) is 0 Å². The zero-order chi connectivity index (χ0) is 33.0. The maximum absolute atomic E-state index is 13.5. The summed E-state index contributed by atoms with van der Waals surface area (Å²) in [4.78, 5) is 24.4. The van der Waals surface area contributed by atoms with E-state index in [0.717, 1.165) is 51.4 Å². The molecule has 16 atom stereocenters. The third kappa shape index (κ3) is 5.39. The number of hydrogen-bond acceptors (Lipinski definition) is 11. The molecule has 11 nitrogen and oxygen atoms in total. The fourth-order valence-electron chi connectivity index (χ4n) is 11.3. The van der Waals surface area contributed by atoms with Gasteiger partial charge in [0, 0.05) is 31.3 Å². The normalized spacial score (nSPS) is 56.1. The third-order valence-electron chi connectivity index (χ3n) is 14.0. The molecule has 0 N–H and O–H groups in total. The van der Waals surface area contributed by atoms with E-state index in [-0.39, 0.29) is 49.1 Å². The molecule has 47 heavy (non-hydrogen) atoms. The minimum absolute atomic E-state index is 0.106. The minimum Gasteiger partial charge on any atom is -0.346 e. The van der Waals surface area contributed by atoms with Crippen LogP contribution in [0.2, 0.25) is 0 Å². The Morgan fingerprint density at radius 2 is 1.04 bits per heavy atom. The third-order valence-corrected chi connectivity index (χ3v) is 15.3. The number of ether oxygens (including phenoxy) is 4. The van der Waals surface area contributed by atoms with E-state index >= 15 is 0 Å². The number of fused-ring (bicyclic) bond motifs is 4. The van der Waals surface area contributed by atoms with E-state index in [1.165, 1.54) is 0 Å². The molecule has 10 fully saturated rings. The second-order valence-corrected chi connectivity index (χ2v) is 19.0. The standard InChI is InChI=1S/C35H57O11P/c1-20-8-10-26-22(3)28(39-30-34(26)24(20)12-16-32(5,41-30)43-45-34)14-18-37-47(7,36)38-19-15-29-23(4)27-11-9-21(2)25-13-17-33(6)42-31(40-29)35(25,27)46-44-33/h20-31H,8-19H2,1-7H3/t20-,21-,22-,23-,24+,25+,26+,27+,28-,29-,30-,31-,32-,33-,34-,35-/m1/s1. The van der Waals surface area contributed by atoms with Crippen LogP contribution in [0, 0.1) is 47.3 Å². The molecule has 8 aliphatic heterocycles. The maximum atomic E-state index is 13.5. The lowest BCUT2D eigenvalue weighted by molar-refractivity contribution is -0.571. The van der Waals surface area contributed by atoms with Crippen molar-refractivity contribution in [3.8, 4) is 0 Å². The Balaban J connectivity index is 0.867. The molecule has 0 unspecified atom stereocenters. The van der Waals surface area contributed by atoms with Gasteiger partial charge in [0.05, 0.1) is 25.4 Å². The van der Waals surface area contributed by atoms with Gasteiger partial charge in [-0.05, 0) is 101 Å². The molecule has 4 bridgehead atoms. The average molecular weight is 685 g/mol. The van der Waals surface area contributed by atoms with Crippen LogP contribution in [0.15, 0.2) is 0 Å². The number of hydrogen-bond donors (Lipinski definition) is 0. The van der Waals surface area contributed by atoms with E-state index in [2.05, 4.69) is 27.7 Å². The topological polar surface area (TPSA) is 109 Å². The first kappa shape index (κ1) is 33.9. The highest BCUT2D eigenvalue weighted by molar-refractivity contribution is 7.52. The second kappa shape index (κ2) is 11.9. The van der Waals surface area contributed by atoms with Gasteiger partial charge in [-0.15, -0.1) is 0 Å². The average Bonchev–Trinajstić information content (AvgIpc) is 3.39. The molecular weight excluding hydrogens is 627 g/mol. The van der Waals surface area contributed by atoms with Crippen molar-refractivity contribution < 1.29 is 52.1 Å². The molecule has 2 saturated carbocycles. The summed E-state index contributed by atoms with van der Waals surface area (Å²) in [5.41, 5.74) is -1.17. The van der Waals surface area contributed by atoms with Crippen molar-refractivity contribution in [3.05, 3.63) is 0 Å². The van der Waals surface area contributed by atoms with Crippen molar-refractivity contribution in [3.63, 3.8) is 0 Å². The fourth-order valence-corrected chi connectivity index (χ4v) is 12.3. The second-order valence-electron chi connectivity index (χ2n) is 16.9. The molecule has 12 heteroatoms. The van der Waals surface area contributed by atoms with Gasteiger partial charge in [-0.3, -0.25) is 4.57 Å². The van der Waals surface area contributed by atoms with Crippen LogP contribution < -0.4 is 0 Å². The van der Waals surface area contributed by atoms with E-state index in [1.807, 2.05) is 13.8 Å². The minimum atomic E-state index is -3.31. The summed E-state index contributed by atoms with van der Waals surface area (Å²) in [7, 11) is -3.31. The highest BCUT2D eigenvalue weighted by Crippen LogP contribution is 2.62. The summed E-state index contributed by atoms with van der Waals surface area (Å²) in [5.74, 6) is 1.04. The summed E-state index contributed by atoms with van der Waals surface area (Å²) >= 11 is 0. The Labute approximate surface area is 280 Å². The molecule has 0 radical (unpaired) electrons. The summed E-state index contributed by atoms with van der Waals surface area (Å²) in [5, 5.41) is 0. The van der Waals surface area contributed by atoms with Crippen molar-refractivity contribution in [2.75, 3.05) is 19.9 Å². The van der Waals surface area contributed by atoms with Crippen molar-refractivity contribution in [1.82, 2.24) is 0 Å². The molecule has 2 spiro atoms. The largest absolute Gasteiger partial charge is 0.346 e. The predicted octanol–water partition coefficient (Wildman–Crippen LogP) is 7.12. The molecule has 8 saturated heterocycles. The lowest BCUT2D eigenvalue weighted by Gasteiger charge is -2.60. The predicted molar refractivity (Wildman–Crippen MR) is 168 cm³/mol. The summed E-state index contributed by atoms with van der Waals surface area (Å²) < 4.78 is 51.7. The van der Waals surface area contributed by atoms with Crippen LogP contribution in [0.1, 0.15) is 106 Å². The molecule has 0 amide bonds. The van der Waals surface area contributed by atoms with Gasteiger partial charge in [0.25, 0.3) is 0 Å². The van der Waals surface area contributed by atoms with Crippen LogP contribution in [-0.2, 0) is 52.1 Å². The van der Waals surface area contributed by atoms with Crippen LogP contribution in [0.4, 0.5) is 0 Å². The summed E-state index contributed by atoms with van der Waals surface area (Å²) in [6.45, 7) is 15.1. The molecule has 268 valence electrons. The molecule has 2 aliphatic carbocycles. The Hall–Kier alpha value is -0.170. The van der Waals surface area contributed by atoms with Gasteiger partial charge in [-0.1, -0.05) is 27.7 Å². The Kier molecular flexibility index (Phi) is 8.62. The Morgan fingerprint density at radius 1 is 0.617 bits per heavy atom. The highest BCUT2D eigenvalue weighted by Gasteiger charge is 2.70. The van der Waals surface area contributed by atoms with Crippen molar-refractivity contribution >= 4 is 7.60 Å². The van der Waals surface area contributed by atoms with Crippen molar-refractivity contribution in [2.24, 2.45) is 47.3 Å². The van der Waals surface area contributed by atoms with E-state index in [0.29, 0.717) is 36.5 Å². The van der Waals surface area contributed by atoms with Crippen LogP contribution in [0.3, 0.4) is 0 Å². The van der Waals surface area contributed by atoms with Gasteiger partial charge in [-0.25, -0.2) is 19.6 Å². The molecule has 10 aliphatic rings. The first-order chi connectivity index (χ1) is 22.3. The summed E-state index contributed by atoms with van der Waals surface area (Å²) in [6, 6.07) is 0. The van der Waals surface area contributed by atoms with Gasteiger partial charge in [0.1, 0.15) is 0 Å². The lowest BCUT2D eigenvalue weighted by Crippen LogP contribution is -2.70. The molecule has 0 aromatic carbocycles. The quantitative estimate of drug-likeness (QED) is 0.193. The van der Waals surface area contributed by atoms with E-state index in [9.17, 15) is 4.57 Å². The SMILES string of the molecule is C[C@H]1[C@@H](CCOP(C)(=O)OCC[C@H]2O[C@@H]3O[C@@]4(C)CC[C@H]5[C@H](C)CC[C@@H]([C@H]2C)[C@@]35OO4)O[C@@H]2O[C@@]3(C)CC[C@H]4[C@H](C)CC[C@@H]1[C@@]24OO3. The van der Waals surface area contributed by atoms with Crippen LogP contribution in [0.5, 0.6) is 0 Å². The molecule has 8 heterocycles. The first-order valence-corrected chi connectivity index (χ1v) is 20.5. The highest BCUT2D eigenvalue weighted by atomic mass is 31.2. The van der Waals surface area contributed by atoms with E-state index < -0.39 is 43.0 Å². The fraction of sp³-hybridized carbons (Fsp3) is 1.00. The monoisotopic (exact) mass is 684 g/mol. The smallest absolute Gasteiger partial charge is 0.327 e. The zero-order valence-corrected chi connectivity index (χ0v) is 30.2. The molecular formula is C35H57O11P. The van der Waals surface area contributed by atoms with Gasteiger partial charge in [0.2, 0.25) is 11.6 Å². The Bertz CT molecular complexity index is 1150. The van der Waals surface area contributed by atoms with Gasteiger partial charge in [0.15, 0.2) is 23.8 Å². The molecule has 0 aromatic heterocycles.